The summed E-state index contributed by atoms with van der Waals surface area (Å²) in [5.74, 6) is -0.773. The lowest BCUT2D eigenvalue weighted by molar-refractivity contribution is 0.0592. The summed E-state index contributed by atoms with van der Waals surface area (Å²) in [7, 11) is 2.69. The van der Waals surface area contributed by atoms with E-state index in [1.807, 2.05) is 48.5 Å². The van der Waals surface area contributed by atoms with Crippen LogP contribution in [0, 0.1) is 3.57 Å². The van der Waals surface area contributed by atoms with Crippen LogP contribution >= 0.6 is 38.5 Å². The van der Waals surface area contributed by atoms with Gasteiger partial charge in [0.05, 0.1) is 25.3 Å². The Kier molecular flexibility index (Phi) is 10.6. The summed E-state index contributed by atoms with van der Waals surface area (Å²) in [6.45, 7) is 2.47. The minimum absolute atomic E-state index is 0.0576. The molecule has 46 heavy (non-hydrogen) atoms. The Morgan fingerprint density at radius 1 is 0.587 bits per heavy atom. The molecule has 236 valence electrons. The number of hydrogen-bond donors (Lipinski definition) is 0. The van der Waals surface area contributed by atoms with E-state index in [4.69, 9.17) is 0 Å². The maximum atomic E-state index is 12.7. The van der Waals surface area contributed by atoms with Crippen LogP contribution in [0.3, 0.4) is 0 Å². The van der Waals surface area contributed by atoms with Gasteiger partial charge in [-0.05, 0) is 108 Å². The molecule has 0 aromatic heterocycles. The van der Waals surface area contributed by atoms with Crippen LogP contribution in [0.4, 0.5) is 32.3 Å². The molecule has 2 saturated heterocycles. The molecule has 4 amide bonds. The van der Waals surface area contributed by atoms with Crippen LogP contribution in [0.5, 0.6) is 0 Å². The maximum Gasteiger partial charge on any atom is 0.337 e. The number of amides is 4. The number of urea groups is 2. The number of anilines is 4. The van der Waals surface area contributed by atoms with Gasteiger partial charge in [0.2, 0.25) is 0 Å². The highest BCUT2D eigenvalue weighted by Gasteiger charge is 2.32. The van der Waals surface area contributed by atoms with Crippen molar-refractivity contribution in [2.75, 3.05) is 60.0 Å². The van der Waals surface area contributed by atoms with Crippen molar-refractivity contribution >= 4 is 85.3 Å². The molecule has 0 N–H and O–H groups in total. The van der Waals surface area contributed by atoms with Gasteiger partial charge in [-0.1, -0.05) is 28.1 Å². The van der Waals surface area contributed by atoms with Gasteiger partial charge in [-0.25, -0.2) is 19.2 Å². The fourth-order valence-corrected chi connectivity index (χ4v) is 6.02. The third kappa shape index (κ3) is 7.34. The summed E-state index contributed by atoms with van der Waals surface area (Å²) in [5, 5.41) is 0. The Labute approximate surface area is 288 Å². The van der Waals surface area contributed by atoms with Crippen LogP contribution in [-0.2, 0) is 9.47 Å². The normalized spacial score (nSPS) is 14.3. The Hall–Kier alpha value is -4.43. The first-order valence-electron chi connectivity index (χ1n) is 14.3. The fraction of sp³-hybridized carbons (Fsp3) is 0.176. The van der Waals surface area contributed by atoms with Gasteiger partial charge in [-0.2, -0.15) is 0 Å². The predicted molar refractivity (Wildman–Crippen MR) is 189 cm³/mol. The SMILES string of the molecule is COC(=O)c1ccc(N2CCN(c3cccc(Br)c3)C2=O)cc1.COC(=O)c1ccc(N2CCN(c3cccc(I)c3)C2=O)cc1. The van der Waals surface area contributed by atoms with E-state index in [-0.39, 0.29) is 24.0 Å². The Bertz CT molecular complexity index is 1620. The third-order valence-corrected chi connectivity index (χ3v) is 8.62. The number of esters is 2. The smallest absolute Gasteiger partial charge is 0.337 e. The first kappa shape index (κ1) is 32.9. The first-order valence-corrected chi connectivity index (χ1v) is 16.1. The van der Waals surface area contributed by atoms with Crippen molar-refractivity contribution in [2.24, 2.45) is 0 Å². The number of carbonyl (C=O) groups is 4. The zero-order chi connectivity index (χ0) is 32.8. The van der Waals surface area contributed by atoms with Crippen LogP contribution in [0.2, 0.25) is 0 Å². The van der Waals surface area contributed by atoms with Gasteiger partial charge in [0, 0.05) is 57.0 Å². The molecule has 2 heterocycles. The van der Waals surface area contributed by atoms with Crippen molar-refractivity contribution in [2.45, 2.75) is 0 Å². The molecule has 12 heteroatoms. The van der Waals surface area contributed by atoms with Gasteiger partial charge < -0.3 is 9.47 Å². The molecule has 0 saturated carbocycles. The van der Waals surface area contributed by atoms with Crippen molar-refractivity contribution in [1.29, 1.82) is 0 Å². The molecule has 2 fully saturated rings. The summed E-state index contributed by atoms with van der Waals surface area (Å²) in [6, 6.07) is 29.1. The summed E-state index contributed by atoms with van der Waals surface area (Å²) >= 11 is 5.66. The van der Waals surface area contributed by atoms with E-state index in [0.29, 0.717) is 37.3 Å². The summed E-state index contributed by atoms with van der Waals surface area (Å²) < 4.78 is 11.4. The second-order valence-corrected chi connectivity index (χ2v) is 12.4. The van der Waals surface area contributed by atoms with E-state index in [9.17, 15) is 19.2 Å². The molecular formula is C34H30BrIN4O6. The van der Waals surface area contributed by atoms with Gasteiger partial charge >= 0.3 is 24.0 Å². The number of nitrogens with zero attached hydrogens (tertiary/aromatic N) is 4. The molecule has 2 aliphatic heterocycles. The van der Waals surface area contributed by atoms with Crippen LogP contribution in [0.15, 0.2) is 102 Å². The standard InChI is InChI=1S/C17H15BrN2O3.C17H15IN2O3/c2*1-23-16(21)12-5-7-14(8-6-12)19-9-10-20(17(19)22)15-4-2-3-13(18)11-15/h2*2-8,11H,9-10H2,1H3. The molecule has 0 atom stereocenters. The van der Waals surface area contributed by atoms with Crippen LogP contribution in [0.1, 0.15) is 20.7 Å². The van der Waals surface area contributed by atoms with Crippen molar-refractivity contribution in [3.8, 4) is 0 Å². The maximum absolute atomic E-state index is 12.7. The molecule has 2 aliphatic rings. The second-order valence-electron chi connectivity index (χ2n) is 10.2. The molecule has 6 rings (SSSR count). The second kappa shape index (κ2) is 14.8. The van der Waals surface area contributed by atoms with Crippen molar-refractivity contribution in [1.82, 2.24) is 0 Å². The number of hydrogen-bond acceptors (Lipinski definition) is 6. The number of halogens is 2. The quantitative estimate of drug-likeness (QED) is 0.151. The molecule has 0 unspecified atom stereocenters. The number of benzene rings is 4. The molecule has 0 radical (unpaired) electrons. The number of methoxy groups -OCH3 is 2. The fourth-order valence-electron chi connectivity index (χ4n) is 5.11. The number of carbonyl (C=O) groups excluding carboxylic acids is 4. The molecule has 0 spiro atoms. The van der Waals surface area contributed by atoms with E-state index in [2.05, 4.69) is 48.0 Å². The Morgan fingerprint density at radius 2 is 0.978 bits per heavy atom. The molecular weight excluding hydrogens is 767 g/mol. The molecule has 4 aromatic rings. The lowest BCUT2D eigenvalue weighted by Gasteiger charge is -2.19. The van der Waals surface area contributed by atoms with Gasteiger partial charge in [0.25, 0.3) is 0 Å². The average molecular weight is 797 g/mol. The van der Waals surface area contributed by atoms with E-state index >= 15 is 0 Å². The average Bonchev–Trinajstić information content (AvgIpc) is 3.66. The van der Waals surface area contributed by atoms with E-state index in [0.717, 1.165) is 30.8 Å². The van der Waals surface area contributed by atoms with Gasteiger partial charge in [0.1, 0.15) is 0 Å². The summed E-state index contributed by atoms with van der Waals surface area (Å²) in [4.78, 5) is 55.1. The summed E-state index contributed by atoms with van der Waals surface area (Å²) in [6.07, 6.45) is 0. The van der Waals surface area contributed by atoms with Crippen molar-refractivity contribution < 1.29 is 28.7 Å². The van der Waals surface area contributed by atoms with E-state index in [1.54, 1.807) is 68.1 Å². The van der Waals surface area contributed by atoms with Crippen molar-refractivity contribution in [3.63, 3.8) is 0 Å². The first-order chi connectivity index (χ1) is 22.2. The van der Waals surface area contributed by atoms with Crippen LogP contribution in [-0.4, -0.2) is 64.4 Å². The highest BCUT2D eigenvalue weighted by Crippen LogP contribution is 2.28. The Morgan fingerprint density at radius 3 is 1.37 bits per heavy atom. The minimum atomic E-state index is -0.389. The van der Waals surface area contributed by atoms with E-state index in [1.165, 1.54) is 14.2 Å². The van der Waals surface area contributed by atoms with E-state index < -0.39 is 0 Å². The summed E-state index contributed by atoms with van der Waals surface area (Å²) in [5.41, 5.74) is 4.23. The lowest BCUT2D eigenvalue weighted by atomic mass is 10.2. The zero-order valence-electron chi connectivity index (χ0n) is 25.1. The van der Waals surface area contributed by atoms with Crippen LogP contribution in [0.25, 0.3) is 0 Å². The number of rotatable bonds is 6. The van der Waals surface area contributed by atoms with Gasteiger partial charge in [-0.3, -0.25) is 19.6 Å². The molecule has 0 aliphatic carbocycles. The number of ether oxygens (including phenoxy) is 2. The van der Waals surface area contributed by atoms with Crippen LogP contribution < -0.4 is 19.6 Å². The Balaban J connectivity index is 0.000000181. The van der Waals surface area contributed by atoms with Gasteiger partial charge in [0.15, 0.2) is 0 Å². The highest BCUT2D eigenvalue weighted by atomic mass is 127. The molecule has 10 nitrogen and oxygen atoms in total. The van der Waals surface area contributed by atoms with Gasteiger partial charge in [-0.15, -0.1) is 0 Å². The zero-order valence-corrected chi connectivity index (χ0v) is 28.8. The highest BCUT2D eigenvalue weighted by molar-refractivity contribution is 14.1. The molecule has 4 aromatic carbocycles. The molecule has 0 bridgehead atoms. The predicted octanol–water partition coefficient (Wildman–Crippen LogP) is 7.21. The largest absolute Gasteiger partial charge is 0.465 e. The van der Waals surface area contributed by atoms with Crippen molar-refractivity contribution in [3.05, 3.63) is 116 Å². The third-order valence-electron chi connectivity index (χ3n) is 7.46. The monoisotopic (exact) mass is 796 g/mol. The lowest BCUT2D eigenvalue weighted by Crippen LogP contribution is -2.31. The minimum Gasteiger partial charge on any atom is -0.465 e. The topological polar surface area (TPSA) is 99.7 Å².